The molecule has 1 unspecified atom stereocenters. The Morgan fingerprint density at radius 1 is 1.04 bits per heavy atom. The Kier molecular flexibility index (Phi) is 7.28. The van der Waals surface area contributed by atoms with Gasteiger partial charge in [0, 0.05) is 23.1 Å². The number of carbonyl (C=O) groups is 1. The van der Waals surface area contributed by atoms with E-state index < -0.39 is 15.1 Å². The molecule has 7 heteroatoms. The molecule has 0 radical (unpaired) electrons. The van der Waals surface area contributed by atoms with Gasteiger partial charge in [0.2, 0.25) is 9.05 Å². The van der Waals surface area contributed by atoms with Crippen LogP contribution in [0.3, 0.4) is 0 Å². The highest BCUT2D eigenvalue weighted by Crippen LogP contribution is 2.20. The molecule has 0 aliphatic heterocycles. The van der Waals surface area contributed by atoms with Crippen LogP contribution in [0.1, 0.15) is 23.5 Å². The Bertz CT molecular complexity index is 766. The van der Waals surface area contributed by atoms with E-state index in [-0.39, 0.29) is 24.8 Å². The Morgan fingerprint density at radius 2 is 1.64 bits per heavy atom. The second kappa shape index (κ2) is 9.44. The first-order valence-corrected chi connectivity index (χ1v) is 10.3. The van der Waals surface area contributed by atoms with E-state index in [4.69, 9.17) is 15.4 Å². The molecule has 0 aliphatic carbocycles. The first-order chi connectivity index (χ1) is 11.9. The van der Waals surface area contributed by atoms with Gasteiger partial charge in [-0.1, -0.05) is 60.7 Å². The highest BCUT2D eigenvalue weighted by atomic mass is 35.7. The highest BCUT2D eigenvalue weighted by Gasteiger charge is 2.17. The van der Waals surface area contributed by atoms with E-state index in [9.17, 15) is 13.2 Å². The number of benzene rings is 2. The molecule has 0 heterocycles. The van der Waals surface area contributed by atoms with E-state index in [1.165, 1.54) is 0 Å². The summed E-state index contributed by atoms with van der Waals surface area (Å²) in [5, 5.41) is 2.69. The standard InChI is InChI=1S/C18H20ClNO4S/c19-25(22,23)12-11-17(16-9-5-2-6-10-16)13-20-18(21)24-14-15-7-3-1-4-8-15/h1-10,17H,11-14H2,(H,20,21). The number of halogens is 1. The van der Waals surface area contributed by atoms with Crippen LogP contribution in [0.25, 0.3) is 0 Å². The van der Waals surface area contributed by atoms with Crippen LogP contribution in [-0.4, -0.2) is 26.8 Å². The molecule has 0 saturated heterocycles. The van der Waals surface area contributed by atoms with Gasteiger partial charge >= 0.3 is 6.09 Å². The predicted octanol–water partition coefficient (Wildman–Crippen LogP) is 3.66. The van der Waals surface area contributed by atoms with Gasteiger partial charge in [-0.3, -0.25) is 0 Å². The van der Waals surface area contributed by atoms with Crippen molar-refractivity contribution in [1.29, 1.82) is 0 Å². The zero-order valence-electron chi connectivity index (χ0n) is 13.6. The van der Waals surface area contributed by atoms with Crippen LogP contribution in [0.5, 0.6) is 0 Å². The molecule has 1 amide bonds. The van der Waals surface area contributed by atoms with Crippen molar-refractivity contribution in [3.8, 4) is 0 Å². The molecule has 0 spiro atoms. The van der Waals surface area contributed by atoms with E-state index in [1.807, 2.05) is 60.7 Å². The van der Waals surface area contributed by atoms with Gasteiger partial charge in [0.15, 0.2) is 0 Å². The third kappa shape index (κ3) is 7.58. The van der Waals surface area contributed by atoms with Crippen molar-refractivity contribution in [2.24, 2.45) is 0 Å². The molecule has 2 aromatic rings. The monoisotopic (exact) mass is 381 g/mol. The van der Waals surface area contributed by atoms with E-state index in [2.05, 4.69) is 5.32 Å². The number of amides is 1. The molecular weight excluding hydrogens is 362 g/mol. The number of hydrogen-bond donors (Lipinski definition) is 1. The Hall–Kier alpha value is -2.05. The van der Waals surface area contributed by atoms with Crippen molar-refractivity contribution in [3.05, 3.63) is 71.8 Å². The molecule has 0 fully saturated rings. The van der Waals surface area contributed by atoms with Crippen molar-refractivity contribution in [2.75, 3.05) is 12.3 Å². The molecule has 0 bridgehead atoms. The van der Waals surface area contributed by atoms with Crippen LogP contribution in [0.15, 0.2) is 60.7 Å². The van der Waals surface area contributed by atoms with E-state index in [0.717, 1.165) is 11.1 Å². The van der Waals surface area contributed by atoms with Crippen LogP contribution in [0.2, 0.25) is 0 Å². The lowest BCUT2D eigenvalue weighted by Crippen LogP contribution is -2.29. The summed E-state index contributed by atoms with van der Waals surface area (Å²) in [4.78, 5) is 11.9. The van der Waals surface area contributed by atoms with E-state index in [0.29, 0.717) is 6.42 Å². The average molecular weight is 382 g/mol. The van der Waals surface area contributed by atoms with Crippen molar-refractivity contribution in [1.82, 2.24) is 5.32 Å². The Balaban J connectivity index is 1.89. The fourth-order valence-corrected chi connectivity index (χ4v) is 3.21. The predicted molar refractivity (Wildman–Crippen MR) is 98.1 cm³/mol. The third-order valence-electron chi connectivity index (χ3n) is 3.69. The molecule has 5 nitrogen and oxygen atoms in total. The summed E-state index contributed by atoms with van der Waals surface area (Å²) in [7, 11) is 1.72. The SMILES string of the molecule is O=C(NCC(CCS(=O)(=O)Cl)c1ccccc1)OCc1ccccc1. The minimum absolute atomic E-state index is 0.158. The largest absolute Gasteiger partial charge is 0.445 e. The van der Waals surface area contributed by atoms with Crippen molar-refractivity contribution < 1.29 is 17.9 Å². The van der Waals surface area contributed by atoms with Crippen LogP contribution < -0.4 is 5.32 Å². The molecule has 0 saturated carbocycles. The van der Waals surface area contributed by atoms with Gasteiger partial charge in [-0.2, -0.15) is 0 Å². The normalized spacial score (nSPS) is 12.4. The van der Waals surface area contributed by atoms with Crippen molar-refractivity contribution >= 4 is 25.8 Å². The summed E-state index contributed by atoms with van der Waals surface area (Å²) in [5.74, 6) is -0.325. The topological polar surface area (TPSA) is 72.5 Å². The maximum absolute atomic E-state index is 11.9. The van der Waals surface area contributed by atoms with Gasteiger partial charge in [-0.05, 0) is 17.5 Å². The summed E-state index contributed by atoms with van der Waals surface area (Å²) in [6.45, 7) is 0.447. The average Bonchev–Trinajstić information content (AvgIpc) is 2.61. The summed E-state index contributed by atoms with van der Waals surface area (Å²) >= 11 is 0. The number of alkyl carbamates (subject to hydrolysis) is 1. The summed E-state index contributed by atoms with van der Waals surface area (Å²) in [6.07, 6.45) is -0.229. The number of hydrogen-bond acceptors (Lipinski definition) is 4. The van der Waals surface area contributed by atoms with E-state index >= 15 is 0 Å². The van der Waals surface area contributed by atoms with Crippen molar-refractivity contribution in [2.45, 2.75) is 18.9 Å². The number of nitrogens with one attached hydrogen (secondary N) is 1. The van der Waals surface area contributed by atoms with Gasteiger partial charge in [0.05, 0.1) is 5.75 Å². The minimum Gasteiger partial charge on any atom is -0.445 e. The van der Waals surface area contributed by atoms with Crippen LogP contribution in [0.4, 0.5) is 4.79 Å². The first kappa shape index (κ1) is 19.3. The highest BCUT2D eigenvalue weighted by molar-refractivity contribution is 8.13. The Labute approximate surface area is 152 Å². The summed E-state index contributed by atoms with van der Waals surface area (Å²) in [5.41, 5.74) is 1.83. The maximum atomic E-state index is 11.9. The summed E-state index contributed by atoms with van der Waals surface area (Å²) < 4.78 is 27.6. The van der Waals surface area contributed by atoms with Crippen molar-refractivity contribution in [3.63, 3.8) is 0 Å². The number of rotatable bonds is 8. The van der Waals surface area contributed by atoms with Gasteiger partial charge in [-0.25, -0.2) is 13.2 Å². The van der Waals surface area contributed by atoms with Crippen LogP contribution >= 0.6 is 10.7 Å². The quantitative estimate of drug-likeness (QED) is 0.708. The molecule has 25 heavy (non-hydrogen) atoms. The van der Waals surface area contributed by atoms with Gasteiger partial charge in [-0.15, -0.1) is 0 Å². The zero-order valence-corrected chi connectivity index (χ0v) is 15.2. The Morgan fingerprint density at radius 3 is 2.24 bits per heavy atom. The second-order valence-corrected chi connectivity index (χ2v) is 8.48. The summed E-state index contributed by atoms with van der Waals surface area (Å²) in [6, 6.07) is 18.8. The maximum Gasteiger partial charge on any atom is 0.407 e. The van der Waals surface area contributed by atoms with Gasteiger partial charge in [0.25, 0.3) is 0 Å². The van der Waals surface area contributed by atoms with Gasteiger partial charge in [0.1, 0.15) is 6.61 Å². The lowest BCUT2D eigenvalue weighted by Gasteiger charge is -2.17. The molecule has 0 aliphatic rings. The minimum atomic E-state index is -3.58. The van der Waals surface area contributed by atoms with Crippen LogP contribution in [-0.2, 0) is 20.4 Å². The molecule has 2 aromatic carbocycles. The molecule has 134 valence electrons. The molecule has 2 rings (SSSR count). The van der Waals surface area contributed by atoms with E-state index in [1.54, 1.807) is 0 Å². The molecule has 1 atom stereocenters. The molecular formula is C18H20ClNO4S. The molecule has 1 N–H and O–H groups in total. The molecule has 0 aromatic heterocycles. The van der Waals surface area contributed by atoms with Crippen LogP contribution in [0, 0.1) is 0 Å². The lowest BCUT2D eigenvalue weighted by molar-refractivity contribution is 0.139. The first-order valence-electron chi connectivity index (χ1n) is 7.86. The third-order valence-corrected chi connectivity index (χ3v) is 4.87. The van der Waals surface area contributed by atoms with Gasteiger partial charge < -0.3 is 10.1 Å². The number of ether oxygens (including phenoxy) is 1. The fraction of sp³-hybridized carbons (Fsp3) is 0.278. The zero-order chi connectivity index (χ0) is 18.1. The fourth-order valence-electron chi connectivity index (χ4n) is 2.38. The lowest BCUT2D eigenvalue weighted by atomic mass is 9.96. The smallest absolute Gasteiger partial charge is 0.407 e. The number of carbonyl (C=O) groups excluding carboxylic acids is 1. The second-order valence-electron chi connectivity index (χ2n) is 5.58.